The van der Waals surface area contributed by atoms with E-state index in [1.54, 1.807) is 24.3 Å². The number of benzene rings is 1. The fraction of sp³-hybridized carbons (Fsp3) is 0.0625. The Kier molecular flexibility index (Phi) is 5.91. The minimum absolute atomic E-state index is 0.0303. The van der Waals surface area contributed by atoms with E-state index in [2.05, 4.69) is 26.6 Å². The molecule has 0 aliphatic heterocycles. The number of nitrogens with one attached hydrogen (secondary N) is 2. The van der Waals surface area contributed by atoms with Crippen LogP contribution in [0.5, 0.6) is 0 Å². The summed E-state index contributed by atoms with van der Waals surface area (Å²) >= 11 is 3.30. The smallest absolute Gasteiger partial charge is 0.322 e. The summed E-state index contributed by atoms with van der Waals surface area (Å²) in [5, 5.41) is 13.3. The third-order valence-electron chi connectivity index (χ3n) is 2.82. The third-order valence-corrected chi connectivity index (χ3v) is 3.35. The van der Waals surface area contributed by atoms with E-state index in [0.717, 1.165) is 4.47 Å². The number of carbonyl (C=O) groups is 3. The zero-order chi connectivity index (χ0) is 17.5. The van der Waals surface area contributed by atoms with Crippen LogP contribution in [0.3, 0.4) is 0 Å². The molecule has 124 valence electrons. The molecule has 7 nitrogen and oxygen atoms in total. The first-order valence-electron chi connectivity index (χ1n) is 6.78. The average molecular weight is 393 g/mol. The van der Waals surface area contributed by atoms with Crippen molar-refractivity contribution in [3.8, 4) is 0 Å². The number of amides is 2. The molecule has 1 heterocycles. The van der Waals surface area contributed by atoms with E-state index in [1.165, 1.54) is 24.5 Å². The Morgan fingerprint density at radius 3 is 2.46 bits per heavy atom. The molecule has 8 heteroatoms. The number of carboxylic acids is 1. The summed E-state index contributed by atoms with van der Waals surface area (Å²) in [6.45, 7) is -0.562. The second-order valence-electron chi connectivity index (χ2n) is 4.62. The van der Waals surface area contributed by atoms with Crippen molar-refractivity contribution < 1.29 is 23.9 Å². The largest absolute Gasteiger partial charge is 0.480 e. The summed E-state index contributed by atoms with van der Waals surface area (Å²) in [7, 11) is 0. The molecule has 0 saturated carbocycles. The highest BCUT2D eigenvalue weighted by atomic mass is 79.9. The van der Waals surface area contributed by atoms with E-state index in [0.29, 0.717) is 5.56 Å². The molecule has 0 unspecified atom stereocenters. The zero-order valence-corrected chi connectivity index (χ0v) is 13.9. The number of hydrogen-bond donors (Lipinski definition) is 3. The van der Waals surface area contributed by atoms with Crippen molar-refractivity contribution in [3.63, 3.8) is 0 Å². The Bertz CT molecular complexity index is 766. The number of carboxylic acid groups (broad SMARTS) is 1. The molecular weight excluding hydrogens is 380 g/mol. The Balaban J connectivity index is 2.23. The van der Waals surface area contributed by atoms with Gasteiger partial charge in [0.2, 0.25) is 0 Å². The lowest BCUT2D eigenvalue weighted by molar-refractivity contribution is -0.137. The number of carbonyl (C=O) groups excluding carboxylic acids is 2. The van der Waals surface area contributed by atoms with Gasteiger partial charge < -0.3 is 20.2 Å². The van der Waals surface area contributed by atoms with Crippen molar-refractivity contribution in [2.24, 2.45) is 0 Å². The molecule has 2 aromatic rings. The van der Waals surface area contributed by atoms with Crippen LogP contribution < -0.4 is 10.6 Å². The molecule has 0 atom stereocenters. The van der Waals surface area contributed by atoms with Crippen LogP contribution in [0.4, 0.5) is 0 Å². The van der Waals surface area contributed by atoms with Crippen molar-refractivity contribution in [2.45, 2.75) is 0 Å². The van der Waals surface area contributed by atoms with Gasteiger partial charge in [0, 0.05) is 4.47 Å². The minimum atomic E-state index is -1.19. The van der Waals surface area contributed by atoms with Crippen LogP contribution in [0.1, 0.15) is 16.1 Å². The number of furan rings is 1. The summed E-state index contributed by atoms with van der Waals surface area (Å²) in [6, 6.07) is 9.99. The van der Waals surface area contributed by atoms with E-state index >= 15 is 0 Å². The highest BCUT2D eigenvalue weighted by Gasteiger charge is 2.16. The molecule has 0 saturated heterocycles. The minimum Gasteiger partial charge on any atom is -0.480 e. The molecule has 2 amide bonds. The van der Waals surface area contributed by atoms with Gasteiger partial charge in [0.1, 0.15) is 12.2 Å². The quantitative estimate of drug-likeness (QED) is 0.651. The first-order chi connectivity index (χ1) is 11.5. The van der Waals surface area contributed by atoms with Gasteiger partial charge in [0.25, 0.3) is 11.8 Å². The SMILES string of the molecule is O=C(O)CNC(=O)/C(=C/c1ccc(Br)cc1)NC(=O)c1ccco1. The lowest BCUT2D eigenvalue weighted by Crippen LogP contribution is -2.37. The fourth-order valence-electron chi connectivity index (χ4n) is 1.73. The number of aliphatic carboxylic acids is 1. The molecule has 0 aliphatic rings. The van der Waals surface area contributed by atoms with E-state index in [9.17, 15) is 14.4 Å². The predicted molar refractivity (Wildman–Crippen MR) is 88.9 cm³/mol. The maximum atomic E-state index is 12.1. The fourth-order valence-corrected chi connectivity index (χ4v) is 1.99. The normalized spacial score (nSPS) is 11.0. The van der Waals surface area contributed by atoms with Gasteiger partial charge >= 0.3 is 5.97 Å². The van der Waals surface area contributed by atoms with Gasteiger partial charge in [-0.2, -0.15) is 0 Å². The monoisotopic (exact) mass is 392 g/mol. The van der Waals surface area contributed by atoms with E-state index < -0.39 is 24.3 Å². The van der Waals surface area contributed by atoms with Crippen LogP contribution in [-0.2, 0) is 9.59 Å². The lowest BCUT2D eigenvalue weighted by atomic mass is 10.2. The molecule has 2 rings (SSSR count). The molecule has 1 aromatic heterocycles. The highest BCUT2D eigenvalue weighted by molar-refractivity contribution is 9.10. The predicted octanol–water partition coefficient (Wildman–Crippen LogP) is 2.01. The first-order valence-corrected chi connectivity index (χ1v) is 7.57. The third kappa shape index (κ3) is 5.10. The van der Waals surface area contributed by atoms with Crippen LogP contribution in [-0.4, -0.2) is 29.4 Å². The molecule has 0 radical (unpaired) electrons. The molecular formula is C16H13BrN2O5. The highest BCUT2D eigenvalue weighted by Crippen LogP contribution is 2.13. The van der Waals surface area contributed by atoms with Gasteiger partial charge in [-0.05, 0) is 35.9 Å². The molecule has 1 aromatic carbocycles. The van der Waals surface area contributed by atoms with Crippen LogP contribution >= 0.6 is 15.9 Å². The standard InChI is InChI=1S/C16H13BrN2O5/c17-11-5-3-10(4-6-11)8-12(15(22)18-9-14(20)21)19-16(23)13-2-1-7-24-13/h1-8H,9H2,(H,18,22)(H,19,23)(H,20,21)/b12-8-. The van der Waals surface area contributed by atoms with Gasteiger partial charge in [-0.15, -0.1) is 0 Å². The summed E-state index contributed by atoms with van der Waals surface area (Å²) in [4.78, 5) is 34.8. The molecule has 0 bridgehead atoms. The van der Waals surface area contributed by atoms with Gasteiger partial charge in [-0.3, -0.25) is 14.4 Å². The maximum Gasteiger partial charge on any atom is 0.322 e. The van der Waals surface area contributed by atoms with Gasteiger partial charge in [-0.1, -0.05) is 28.1 Å². The summed E-state index contributed by atoms with van der Waals surface area (Å²) in [6.07, 6.45) is 2.77. The maximum absolute atomic E-state index is 12.1. The van der Waals surface area contributed by atoms with Crippen molar-refractivity contribution in [1.82, 2.24) is 10.6 Å². The second-order valence-corrected chi connectivity index (χ2v) is 5.53. The molecule has 0 spiro atoms. The molecule has 0 fully saturated rings. The van der Waals surface area contributed by atoms with Crippen LogP contribution in [0.25, 0.3) is 6.08 Å². The van der Waals surface area contributed by atoms with Crippen LogP contribution in [0.2, 0.25) is 0 Å². The molecule has 3 N–H and O–H groups in total. The van der Waals surface area contributed by atoms with Crippen molar-refractivity contribution in [3.05, 3.63) is 64.2 Å². The summed E-state index contributed by atoms with van der Waals surface area (Å²) in [5.74, 6) is -2.50. The van der Waals surface area contributed by atoms with Crippen molar-refractivity contribution >= 4 is 39.8 Å². The van der Waals surface area contributed by atoms with Gasteiger partial charge in [0.05, 0.1) is 6.26 Å². The topological polar surface area (TPSA) is 109 Å². The first kappa shape index (κ1) is 17.5. The van der Waals surface area contributed by atoms with Crippen LogP contribution in [0, 0.1) is 0 Å². The van der Waals surface area contributed by atoms with Crippen molar-refractivity contribution in [2.75, 3.05) is 6.54 Å². The second kappa shape index (κ2) is 8.11. The summed E-state index contributed by atoms with van der Waals surface area (Å²) < 4.78 is 5.83. The Morgan fingerprint density at radius 1 is 1.17 bits per heavy atom. The molecule has 0 aliphatic carbocycles. The van der Waals surface area contributed by atoms with E-state index in [4.69, 9.17) is 9.52 Å². The summed E-state index contributed by atoms with van der Waals surface area (Å²) in [5.41, 5.74) is 0.554. The van der Waals surface area contributed by atoms with E-state index in [-0.39, 0.29) is 11.5 Å². The van der Waals surface area contributed by atoms with E-state index in [1.807, 2.05) is 0 Å². The molecule has 24 heavy (non-hydrogen) atoms. The number of halogens is 1. The average Bonchev–Trinajstić information content (AvgIpc) is 3.08. The Hall–Kier alpha value is -2.87. The Morgan fingerprint density at radius 2 is 1.88 bits per heavy atom. The lowest BCUT2D eigenvalue weighted by Gasteiger charge is -2.09. The number of rotatable bonds is 6. The van der Waals surface area contributed by atoms with Crippen molar-refractivity contribution in [1.29, 1.82) is 0 Å². The van der Waals surface area contributed by atoms with Crippen LogP contribution in [0.15, 0.2) is 57.2 Å². The van der Waals surface area contributed by atoms with Gasteiger partial charge in [0.15, 0.2) is 5.76 Å². The zero-order valence-electron chi connectivity index (χ0n) is 12.3. The van der Waals surface area contributed by atoms with Gasteiger partial charge in [-0.25, -0.2) is 0 Å². The Labute approximate surface area is 145 Å². The number of hydrogen-bond acceptors (Lipinski definition) is 4.